The van der Waals surface area contributed by atoms with Crippen molar-refractivity contribution in [2.45, 2.75) is 32.6 Å². The molecule has 0 saturated carbocycles. The van der Waals surface area contributed by atoms with Crippen molar-refractivity contribution in [3.05, 3.63) is 29.8 Å². The molecule has 0 radical (unpaired) electrons. The van der Waals surface area contributed by atoms with Crippen molar-refractivity contribution in [1.29, 1.82) is 0 Å². The highest BCUT2D eigenvalue weighted by molar-refractivity contribution is 5.99. The van der Waals surface area contributed by atoms with Gasteiger partial charge in [0.25, 0.3) is 5.91 Å². The number of carbonyl (C=O) groups excluding carboxylic acids is 1. The summed E-state index contributed by atoms with van der Waals surface area (Å²) in [7, 11) is 0. The molecule has 1 aromatic carbocycles. The monoisotopic (exact) mass is 315 g/mol. The first-order valence-corrected chi connectivity index (χ1v) is 9.15. The van der Waals surface area contributed by atoms with Crippen LogP contribution >= 0.6 is 0 Å². The Morgan fingerprint density at radius 1 is 0.913 bits per heavy atom. The molecule has 2 aliphatic heterocycles. The van der Waals surface area contributed by atoms with Gasteiger partial charge in [0.15, 0.2) is 0 Å². The molecule has 0 aromatic heterocycles. The Kier molecular flexibility index (Phi) is 5.55. The van der Waals surface area contributed by atoms with E-state index in [1.807, 2.05) is 12.1 Å². The zero-order valence-corrected chi connectivity index (χ0v) is 14.3. The fourth-order valence-corrected chi connectivity index (χ4v) is 3.73. The first-order valence-electron chi connectivity index (χ1n) is 9.15. The van der Waals surface area contributed by atoms with Crippen LogP contribution in [0.2, 0.25) is 0 Å². The molecule has 0 unspecified atom stereocenters. The number of amides is 1. The predicted molar refractivity (Wildman–Crippen MR) is 95.1 cm³/mol. The molecular formula is C19H29N3O. The van der Waals surface area contributed by atoms with Crippen LogP contribution in [-0.2, 0) is 0 Å². The molecule has 2 heterocycles. The van der Waals surface area contributed by atoms with Crippen molar-refractivity contribution in [2.75, 3.05) is 50.7 Å². The van der Waals surface area contributed by atoms with Crippen LogP contribution < -0.4 is 4.90 Å². The Morgan fingerprint density at radius 3 is 2.48 bits per heavy atom. The van der Waals surface area contributed by atoms with E-state index < -0.39 is 0 Å². The summed E-state index contributed by atoms with van der Waals surface area (Å²) in [6, 6.07) is 8.18. The van der Waals surface area contributed by atoms with Crippen LogP contribution in [0.15, 0.2) is 24.3 Å². The number of rotatable bonds is 3. The number of para-hydroxylation sites is 1. The van der Waals surface area contributed by atoms with E-state index in [4.69, 9.17) is 0 Å². The van der Waals surface area contributed by atoms with Gasteiger partial charge in [0, 0.05) is 38.4 Å². The Hall–Kier alpha value is -1.55. The number of likely N-dealkylation sites (N-methyl/N-ethyl adjacent to an activating group) is 1. The molecule has 4 heteroatoms. The highest BCUT2D eigenvalue weighted by atomic mass is 16.2. The standard InChI is InChI=1S/C19H29N3O/c1-2-20-11-8-14-22(16-15-20)19(23)17-9-4-5-10-18(17)21-12-6-3-7-13-21/h4-5,9-10H,2-3,6-8,11-16H2,1H3. The summed E-state index contributed by atoms with van der Waals surface area (Å²) < 4.78 is 0. The van der Waals surface area contributed by atoms with Gasteiger partial charge in [-0.25, -0.2) is 0 Å². The molecule has 1 amide bonds. The molecule has 0 spiro atoms. The second-order valence-corrected chi connectivity index (χ2v) is 6.64. The van der Waals surface area contributed by atoms with E-state index in [1.165, 1.54) is 19.3 Å². The SMILES string of the molecule is CCN1CCCN(C(=O)c2ccccc2N2CCCCC2)CC1. The van der Waals surface area contributed by atoms with E-state index in [9.17, 15) is 4.79 Å². The van der Waals surface area contributed by atoms with Crippen LogP contribution in [0, 0.1) is 0 Å². The molecular weight excluding hydrogens is 286 g/mol. The van der Waals surface area contributed by atoms with Crippen LogP contribution in [0.4, 0.5) is 5.69 Å². The normalized spacial score (nSPS) is 20.4. The van der Waals surface area contributed by atoms with Crippen LogP contribution in [0.1, 0.15) is 43.0 Å². The highest BCUT2D eigenvalue weighted by Gasteiger charge is 2.24. The number of nitrogens with zero attached hydrogens (tertiary/aromatic N) is 3. The predicted octanol–water partition coefficient (Wildman–Crippen LogP) is 2.84. The molecule has 1 aromatic rings. The minimum Gasteiger partial charge on any atom is -0.371 e. The zero-order chi connectivity index (χ0) is 16.1. The van der Waals surface area contributed by atoms with Crippen molar-refractivity contribution in [2.24, 2.45) is 0 Å². The molecule has 0 atom stereocenters. The van der Waals surface area contributed by atoms with Crippen molar-refractivity contribution in [1.82, 2.24) is 9.80 Å². The van der Waals surface area contributed by atoms with Crippen molar-refractivity contribution >= 4 is 11.6 Å². The van der Waals surface area contributed by atoms with Gasteiger partial charge in [-0.2, -0.15) is 0 Å². The summed E-state index contributed by atoms with van der Waals surface area (Å²) in [5.74, 6) is 0.212. The summed E-state index contributed by atoms with van der Waals surface area (Å²) in [4.78, 5) is 20.0. The first-order chi connectivity index (χ1) is 11.3. The average Bonchev–Trinajstić information content (AvgIpc) is 2.87. The van der Waals surface area contributed by atoms with Crippen LogP contribution in [0.3, 0.4) is 0 Å². The number of anilines is 1. The van der Waals surface area contributed by atoms with Gasteiger partial charge in [0.2, 0.25) is 0 Å². The van der Waals surface area contributed by atoms with E-state index >= 15 is 0 Å². The van der Waals surface area contributed by atoms with Gasteiger partial charge in [-0.05, 0) is 50.9 Å². The van der Waals surface area contributed by atoms with E-state index in [0.717, 1.165) is 63.5 Å². The minimum atomic E-state index is 0.212. The Balaban J connectivity index is 1.76. The van der Waals surface area contributed by atoms with Crippen molar-refractivity contribution < 1.29 is 4.79 Å². The fraction of sp³-hybridized carbons (Fsp3) is 0.632. The average molecular weight is 315 g/mol. The van der Waals surface area contributed by atoms with Crippen LogP contribution in [0.25, 0.3) is 0 Å². The topological polar surface area (TPSA) is 26.8 Å². The third-order valence-electron chi connectivity index (χ3n) is 5.15. The van der Waals surface area contributed by atoms with Gasteiger partial charge < -0.3 is 14.7 Å². The summed E-state index contributed by atoms with van der Waals surface area (Å²) in [5.41, 5.74) is 2.02. The second-order valence-electron chi connectivity index (χ2n) is 6.64. The summed E-state index contributed by atoms with van der Waals surface area (Å²) >= 11 is 0. The number of benzene rings is 1. The van der Waals surface area contributed by atoms with Gasteiger partial charge in [0.1, 0.15) is 0 Å². The van der Waals surface area contributed by atoms with Crippen molar-refractivity contribution in [3.63, 3.8) is 0 Å². The lowest BCUT2D eigenvalue weighted by Crippen LogP contribution is -2.37. The summed E-state index contributed by atoms with van der Waals surface area (Å²) in [5, 5.41) is 0. The minimum absolute atomic E-state index is 0.212. The van der Waals surface area contributed by atoms with E-state index in [0.29, 0.717) is 0 Å². The molecule has 2 aliphatic rings. The maximum Gasteiger partial charge on any atom is 0.256 e. The van der Waals surface area contributed by atoms with Crippen LogP contribution in [-0.4, -0.2) is 61.5 Å². The lowest BCUT2D eigenvalue weighted by atomic mass is 10.1. The third-order valence-corrected chi connectivity index (χ3v) is 5.15. The third kappa shape index (κ3) is 3.86. The Labute approximate surface area is 140 Å². The number of carbonyl (C=O) groups is 1. The molecule has 23 heavy (non-hydrogen) atoms. The van der Waals surface area contributed by atoms with E-state index in [1.54, 1.807) is 0 Å². The molecule has 0 aliphatic carbocycles. The lowest BCUT2D eigenvalue weighted by Gasteiger charge is -2.31. The van der Waals surface area contributed by atoms with Crippen molar-refractivity contribution in [3.8, 4) is 0 Å². The quantitative estimate of drug-likeness (QED) is 0.858. The van der Waals surface area contributed by atoms with Gasteiger partial charge in [-0.3, -0.25) is 4.79 Å². The smallest absolute Gasteiger partial charge is 0.256 e. The maximum atomic E-state index is 13.1. The molecule has 3 rings (SSSR count). The maximum absolute atomic E-state index is 13.1. The van der Waals surface area contributed by atoms with Gasteiger partial charge in [0.05, 0.1) is 5.56 Å². The molecule has 126 valence electrons. The molecule has 2 fully saturated rings. The summed E-state index contributed by atoms with van der Waals surface area (Å²) in [6.07, 6.45) is 4.85. The first kappa shape index (κ1) is 16.3. The largest absolute Gasteiger partial charge is 0.371 e. The number of hydrogen-bond acceptors (Lipinski definition) is 3. The molecule has 2 saturated heterocycles. The number of piperidine rings is 1. The van der Waals surface area contributed by atoms with Gasteiger partial charge in [-0.1, -0.05) is 19.1 Å². The Morgan fingerprint density at radius 2 is 1.70 bits per heavy atom. The molecule has 4 nitrogen and oxygen atoms in total. The fourth-order valence-electron chi connectivity index (χ4n) is 3.73. The lowest BCUT2D eigenvalue weighted by molar-refractivity contribution is 0.0762. The Bertz CT molecular complexity index is 525. The molecule has 0 bridgehead atoms. The second kappa shape index (κ2) is 7.82. The van der Waals surface area contributed by atoms with E-state index in [2.05, 4.69) is 33.8 Å². The van der Waals surface area contributed by atoms with Gasteiger partial charge >= 0.3 is 0 Å². The number of hydrogen-bond donors (Lipinski definition) is 0. The van der Waals surface area contributed by atoms with Crippen LogP contribution in [0.5, 0.6) is 0 Å². The van der Waals surface area contributed by atoms with E-state index in [-0.39, 0.29) is 5.91 Å². The highest BCUT2D eigenvalue weighted by Crippen LogP contribution is 2.25. The van der Waals surface area contributed by atoms with Gasteiger partial charge in [-0.15, -0.1) is 0 Å². The molecule has 0 N–H and O–H groups in total. The summed E-state index contributed by atoms with van der Waals surface area (Å²) in [6.45, 7) is 9.25. The zero-order valence-electron chi connectivity index (χ0n) is 14.3.